The van der Waals surface area contributed by atoms with Crippen LogP contribution >= 0.6 is 0 Å². The molecule has 106 valence electrons. The van der Waals surface area contributed by atoms with Crippen LogP contribution < -0.4 is 16.0 Å². The van der Waals surface area contributed by atoms with E-state index in [-0.39, 0.29) is 11.4 Å². The Bertz CT molecular complexity index is 625. The third-order valence-electron chi connectivity index (χ3n) is 2.86. The van der Waals surface area contributed by atoms with Gasteiger partial charge in [-0.1, -0.05) is 6.07 Å². The van der Waals surface area contributed by atoms with Crippen LogP contribution in [0.15, 0.2) is 47.4 Å². The largest absolute Gasteiger partial charge is 0.492 e. The lowest BCUT2D eigenvalue weighted by atomic mass is 10.1. The number of nitrogens with zero attached hydrogens (tertiary/aromatic N) is 1. The standard InChI is InChI=1S/C15H17FN2O2/c16-13-9-12(4-5-17)10-14(11-13)20-8-7-18-6-2-1-3-15(18)19/h1-3,6,9-11H,4-5,7-8,17H2. The molecule has 20 heavy (non-hydrogen) atoms. The van der Waals surface area contributed by atoms with Crippen LogP contribution in [0.5, 0.6) is 5.75 Å². The Balaban J connectivity index is 1.97. The molecule has 0 amide bonds. The molecule has 0 aliphatic carbocycles. The highest BCUT2D eigenvalue weighted by Gasteiger charge is 2.02. The number of benzene rings is 1. The zero-order valence-corrected chi connectivity index (χ0v) is 11.1. The number of nitrogens with two attached hydrogens (primary N) is 1. The van der Waals surface area contributed by atoms with Crippen LogP contribution in [0, 0.1) is 5.82 Å². The van der Waals surface area contributed by atoms with E-state index < -0.39 is 0 Å². The summed E-state index contributed by atoms with van der Waals surface area (Å²) in [5.41, 5.74) is 6.17. The Morgan fingerprint density at radius 2 is 2.10 bits per heavy atom. The van der Waals surface area contributed by atoms with Crippen molar-refractivity contribution in [3.63, 3.8) is 0 Å². The number of aromatic nitrogens is 1. The van der Waals surface area contributed by atoms with Crippen molar-refractivity contribution in [2.75, 3.05) is 13.2 Å². The topological polar surface area (TPSA) is 57.2 Å². The molecule has 0 unspecified atom stereocenters. The molecule has 0 spiro atoms. The van der Waals surface area contributed by atoms with Crippen LogP contribution in [0.25, 0.3) is 0 Å². The second-order valence-corrected chi connectivity index (χ2v) is 4.41. The molecular formula is C15H17FN2O2. The zero-order valence-electron chi connectivity index (χ0n) is 11.1. The van der Waals surface area contributed by atoms with Gasteiger partial charge in [-0.3, -0.25) is 4.79 Å². The number of hydrogen-bond donors (Lipinski definition) is 1. The molecule has 2 N–H and O–H groups in total. The Morgan fingerprint density at radius 1 is 1.25 bits per heavy atom. The fourth-order valence-corrected chi connectivity index (χ4v) is 1.92. The summed E-state index contributed by atoms with van der Waals surface area (Å²) < 4.78 is 20.4. The van der Waals surface area contributed by atoms with Crippen molar-refractivity contribution in [2.24, 2.45) is 5.73 Å². The maximum atomic E-state index is 13.4. The summed E-state index contributed by atoms with van der Waals surface area (Å²) in [4.78, 5) is 11.5. The van der Waals surface area contributed by atoms with Gasteiger partial charge in [-0.05, 0) is 36.7 Å². The van der Waals surface area contributed by atoms with Crippen molar-refractivity contribution in [3.8, 4) is 5.75 Å². The summed E-state index contributed by atoms with van der Waals surface area (Å²) in [5, 5.41) is 0. The molecule has 0 fully saturated rings. The van der Waals surface area contributed by atoms with Crippen LogP contribution in [0.4, 0.5) is 4.39 Å². The quantitative estimate of drug-likeness (QED) is 0.871. The first-order valence-corrected chi connectivity index (χ1v) is 6.47. The van der Waals surface area contributed by atoms with E-state index >= 15 is 0 Å². The second-order valence-electron chi connectivity index (χ2n) is 4.41. The lowest BCUT2D eigenvalue weighted by molar-refractivity contribution is 0.294. The van der Waals surface area contributed by atoms with Gasteiger partial charge in [-0.15, -0.1) is 0 Å². The molecule has 2 aromatic rings. The number of hydrogen-bond acceptors (Lipinski definition) is 3. The average Bonchev–Trinajstić information content (AvgIpc) is 2.41. The van der Waals surface area contributed by atoms with Crippen LogP contribution in [0.3, 0.4) is 0 Å². The Kier molecular flexibility index (Phi) is 4.90. The molecule has 1 heterocycles. The number of rotatable bonds is 6. The molecule has 5 heteroatoms. The molecule has 0 saturated carbocycles. The highest BCUT2D eigenvalue weighted by atomic mass is 19.1. The first-order chi connectivity index (χ1) is 9.69. The minimum Gasteiger partial charge on any atom is -0.492 e. The Hall–Kier alpha value is -2.14. The third kappa shape index (κ3) is 3.93. The van der Waals surface area contributed by atoms with E-state index in [1.54, 1.807) is 29.0 Å². The van der Waals surface area contributed by atoms with Crippen molar-refractivity contribution >= 4 is 0 Å². The van der Waals surface area contributed by atoms with Gasteiger partial charge in [0.25, 0.3) is 5.56 Å². The highest BCUT2D eigenvalue weighted by molar-refractivity contribution is 5.29. The van der Waals surface area contributed by atoms with Crippen LogP contribution in [0.1, 0.15) is 5.56 Å². The molecule has 0 aliphatic heterocycles. The van der Waals surface area contributed by atoms with Gasteiger partial charge in [0.1, 0.15) is 18.2 Å². The van der Waals surface area contributed by atoms with Crippen LogP contribution in [-0.2, 0) is 13.0 Å². The van der Waals surface area contributed by atoms with Gasteiger partial charge < -0.3 is 15.0 Å². The van der Waals surface area contributed by atoms with E-state index in [0.29, 0.717) is 31.9 Å². The smallest absolute Gasteiger partial charge is 0.250 e. The summed E-state index contributed by atoms with van der Waals surface area (Å²) in [6.45, 7) is 1.18. The predicted molar refractivity (Wildman–Crippen MR) is 75.4 cm³/mol. The van der Waals surface area contributed by atoms with E-state index in [1.165, 1.54) is 18.2 Å². The SMILES string of the molecule is NCCc1cc(F)cc(OCCn2ccccc2=O)c1. The molecule has 0 bridgehead atoms. The third-order valence-corrected chi connectivity index (χ3v) is 2.86. The van der Waals surface area contributed by atoms with Crippen molar-refractivity contribution < 1.29 is 9.13 Å². The zero-order chi connectivity index (χ0) is 14.4. The molecule has 0 radical (unpaired) electrons. The summed E-state index contributed by atoms with van der Waals surface area (Å²) in [6.07, 6.45) is 2.30. The first kappa shape index (κ1) is 14.3. The van der Waals surface area contributed by atoms with Gasteiger partial charge in [0, 0.05) is 18.3 Å². The van der Waals surface area contributed by atoms with E-state index in [2.05, 4.69) is 0 Å². The molecule has 1 aromatic carbocycles. The average molecular weight is 276 g/mol. The Labute approximate surface area is 116 Å². The lowest BCUT2D eigenvalue weighted by Crippen LogP contribution is -2.21. The van der Waals surface area contributed by atoms with E-state index in [4.69, 9.17) is 10.5 Å². The maximum absolute atomic E-state index is 13.4. The van der Waals surface area contributed by atoms with E-state index in [9.17, 15) is 9.18 Å². The molecule has 0 atom stereocenters. The monoisotopic (exact) mass is 276 g/mol. The molecule has 2 rings (SSSR count). The van der Waals surface area contributed by atoms with E-state index in [0.717, 1.165) is 5.56 Å². The lowest BCUT2D eigenvalue weighted by Gasteiger charge is -2.09. The van der Waals surface area contributed by atoms with Crippen molar-refractivity contribution in [3.05, 3.63) is 64.3 Å². The predicted octanol–water partition coefficient (Wildman–Crippen LogP) is 1.57. The minimum absolute atomic E-state index is 0.0841. The summed E-state index contributed by atoms with van der Waals surface area (Å²) in [6, 6.07) is 9.49. The van der Waals surface area contributed by atoms with Gasteiger partial charge in [0.15, 0.2) is 0 Å². The van der Waals surface area contributed by atoms with E-state index in [1.807, 2.05) is 0 Å². The number of ether oxygens (including phenoxy) is 1. The highest BCUT2D eigenvalue weighted by Crippen LogP contribution is 2.16. The Morgan fingerprint density at radius 3 is 2.85 bits per heavy atom. The normalized spacial score (nSPS) is 10.5. The van der Waals surface area contributed by atoms with Crippen molar-refractivity contribution in [1.29, 1.82) is 0 Å². The van der Waals surface area contributed by atoms with Gasteiger partial charge in [0.05, 0.1) is 6.54 Å². The van der Waals surface area contributed by atoms with Gasteiger partial charge >= 0.3 is 0 Å². The van der Waals surface area contributed by atoms with Gasteiger partial charge in [0.2, 0.25) is 0 Å². The molecule has 0 aliphatic rings. The van der Waals surface area contributed by atoms with Gasteiger partial charge in [-0.2, -0.15) is 0 Å². The maximum Gasteiger partial charge on any atom is 0.250 e. The number of halogens is 1. The summed E-state index contributed by atoms with van der Waals surface area (Å²) in [7, 11) is 0. The fraction of sp³-hybridized carbons (Fsp3) is 0.267. The fourth-order valence-electron chi connectivity index (χ4n) is 1.92. The summed E-state index contributed by atoms with van der Waals surface area (Å²) >= 11 is 0. The van der Waals surface area contributed by atoms with Crippen LogP contribution in [0.2, 0.25) is 0 Å². The van der Waals surface area contributed by atoms with Crippen molar-refractivity contribution in [2.45, 2.75) is 13.0 Å². The van der Waals surface area contributed by atoms with Gasteiger partial charge in [-0.25, -0.2) is 4.39 Å². The second kappa shape index (κ2) is 6.86. The van der Waals surface area contributed by atoms with Crippen molar-refractivity contribution in [1.82, 2.24) is 4.57 Å². The molecule has 0 saturated heterocycles. The van der Waals surface area contributed by atoms with Crippen LogP contribution in [-0.4, -0.2) is 17.7 Å². The summed E-state index contributed by atoms with van der Waals surface area (Å²) in [5.74, 6) is 0.111. The molecular weight excluding hydrogens is 259 g/mol. The molecule has 4 nitrogen and oxygen atoms in total. The molecule has 1 aromatic heterocycles. The minimum atomic E-state index is -0.345. The number of pyridine rings is 1. The first-order valence-electron chi connectivity index (χ1n) is 6.47.